The minimum Gasteiger partial charge on any atom is -0.347 e. The Kier molecular flexibility index (Phi) is 6.76. The smallest absolute Gasteiger partial charge is 0.347 e. The van der Waals surface area contributed by atoms with Crippen LogP contribution in [0.2, 0.25) is 0 Å². The number of fused-ring (bicyclic) bond motifs is 1. The van der Waals surface area contributed by atoms with Crippen LogP contribution >= 0.6 is 12.4 Å². The fourth-order valence-corrected chi connectivity index (χ4v) is 3.06. The average molecular weight is 381 g/mol. The van der Waals surface area contributed by atoms with E-state index in [1.165, 1.54) is 25.0 Å². The molecular weight excluding hydrogens is 359 g/mol. The SMILES string of the molecule is CCCCCn1cc([CH]c2ccc(C(F)(F)F)cc2)c2ccccc21.Cl. The molecule has 0 N–H and O–H groups in total. The first kappa shape index (κ1) is 20.4. The molecule has 0 unspecified atom stereocenters. The van der Waals surface area contributed by atoms with Gasteiger partial charge in [-0.25, -0.2) is 0 Å². The molecule has 26 heavy (non-hydrogen) atoms. The van der Waals surface area contributed by atoms with Crippen molar-refractivity contribution in [2.24, 2.45) is 0 Å². The lowest BCUT2D eigenvalue weighted by molar-refractivity contribution is -0.137. The Morgan fingerprint density at radius 1 is 0.962 bits per heavy atom. The van der Waals surface area contributed by atoms with Crippen molar-refractivity contribution in [2.75, 3.05) is 0 Å². The summed E-state index contributed by atoms with van der Waals surface area (Å²) in [5, 5.41) is 1.12. The van der Waals surface area contributed by atoms with Gasteiger partial charge < -0.3 is 4.57 Å². The van der Waals surface area contributed by atoms with Gasteiger partial charge >= 0.3 is 6.18 Å². The Morgan fingerprint density at radius 2 is 1.65 bits per heavy atom. The van der Waals surface area contributed by atoms with E-state index < -0.39 is 11.7 Å². The highest BCUT2D eigenvalue weighted by Gasteiger charge is 2.29. The number of aryl methyl sites for hydroxylation is 1. The second-order valence-corrected chi connectivity index (χ2v) is 6.27. The van der Waals surface area contributed by atoms with Crippen LogP contribution in [0.25, 0.3) is 10.9 Å². The summed E-state index contributed by atoms with van der Waals surface area (Å²) in [6, 6.07) is 13.5. The number of benzene rings is 2. The van der Waals surface area contributed by atoms with E-state index in [9.17, 15) is 13.2 Å². The minimum absolute atomic E-state index is 0. The molecule has 0 bridgehead atoms. The third-order valence-corrected chi connectivity index (χ3v) is 4.38. The normalized spacial score (nSPS) is 11.5. The van der Waals surface area contributed by atoms with Crippen LogP contribution in [-0.4, -0.2) is 4.57 Å². The van der Waals surface area contributed by atoms with Gasteiger partial charge in [0.1, 0.15) is 0 Å². The molecule has 0 saturated carbocycles. The summed E-state index contributed by atoms with van der Waals surface area (Å²) in [5.74, 6) is 0. The van der Waals surface area contributed by atoms with Crippen molar-refractivity contribution in [1.82, 2.24) is 4.57 Å². The standard InChI is InChI=1S/C21H21F3N.ClH/c1-2-3-6-13-25-15-17(19-7-4-5-8-20(19)25)14-16-9-11-18(12-10-16)21(22,23)24;/h4-5,7-12,14-15H,2-3,6,13H2,1H3;1H. The molecule has 1 nitrogen and oxygen atoms in total. The van der Waals surface area contributed by atoms with E-state index in [0.29, 0.717) is 0 Å². The van der Waals surface area contributed by atoms with Crippen molar-refractivity contribution < 1.29 is 13.2 Å². The van der Waals surface area contributed by atoms with Gasteiger partial charge in [0, 0.05) is 30.1 Å². The van der Waals surface area contributed by atoms with Crippen molar-refractivity contribution >= 4 is 23.3 Å². The third-order valence-electron chi connectivity index (χ3n) is 4.38. The van der Waals surface area contributed by atoms with E-state index in [-0.39, 0.29) is 12.4 Å². The van der Waals surface area contributed by atoms with Gasteiger partial charge in [-0.1, -0.05) is 50.1 Å². The molecular formula is C21H22ClF3N. The molecule has 1 aromatic heterocycles. The van der Waals surface area contributed by atoms with Crippen molar-refractivity contribution in [3.63, 3.8) is 0 Å². The lowest BCUT2D eigenvalue weighted by Gasteiger charge is -2.07. The first-order valence-corrected chi connectivity index (χ1v) is 8.59. The molecule has 0 amide bonds. The number of rotatable bonds is 6. The van der Waals surface area contributed by atoms with E-state index in [1.54, 1.807) is 0 Å². The molecule has 1 radical (unpaired) electrons. The number of halogens is 4. The molecule has 0 saturated heterocycles. The van der Waals surface area contributed by atoms with Gasteiger partial charge in [-0.2, -0.15) is 13.2 Å². The molecule has 0 aliphatic rings. The zero-order chi connectivity index (χ0) is 17.9. The topological polar surface area (TPSA) is 4.93 Å². The van der Waals surface area contributed by atoms with Crippen molar-refractivity contribution in [3.8, 4) is 0 Å². The second-order valence-electron chi connectivity index (χ2n) is 6.27. The Morgan fingerprint density at radius 3 is 2.31 bits per heavy atom. The Balaban J connectivity index is 0.00000243. The number of aromatic nitrogens is 1. The van der Waals surface area contributed by atoms with Gasteiger partial charge in [-0.15, -0.1) is 12.4 Å². The van der Waals surface area contributed by atoms with Gasteiger partial charge in [0.15, 0.2) is 0 Å². The van der Waals surface area contributed by atoms with Crippen LogP contribution in [0.4, 0.5) is 13.2 Å². The van der Waals surface area contributed by atoms with Gasteiger partial charge in [-0.05, 0) is 35.7 Å². The summed E-state index contributed by atoms with van der Waals surface area (Å²) >= 11 is 0. The predicted molar refractivity (Wildman–Crippen MR) is 103 cm³/mol. The summed E-state index contributed by atoms with van der Waals surface area (Å²) in [6.45, 7) is 3.13. The molecule has 0 spiro atoms. The Labute approximate surface area is 158 Å². The van der Waals surface area contributed by atoms with Crippen LogP contribution in [0.15, 0.2) is 54.7 Å². The molecule has 3 aromatic rings. The van der Waals surface area contributed by atoms with E-state index in [4.69, 9.17) is 0 Å². The van der Waals surface area contributed by atoms with Crippen LogP contribution in [0.5, 0.6) is 0 Å². The second kappa shape index (κ2) is 8.63. The third kappa shape index (κ3) is 4.61. The molecule has 0 atom stereocenters. The molecule has 0 aliphatic carbocycles. The van der Waals surface area contributed by atoms with Gasteiger partial charge in [0.05, 0.1) is 5.56 Å². The summed E-state index contributed by atoms with van der Waals surface area (Å²) in [5.41, 5.74) is 2.35. The maximum Gasteiger partial charge on any atom is 0.416 e. The summed E-state index contributed by atoms with van der Waals surface area (Å²) < 4.78 is 40.3. The van der Waals surface area contributed by atoms with E-state index in [2.05, 4.69) is 29.8 Å². The van der Waals surface area contributed by atoms with Crippen molar-refractivity contribution in [2.45, 2.75) is 38.9 Å². The molecule has 5 heteroatoms. The lowest BCUT2D eigenvalue weighted by atomic mass is 10.0. The number of para-hydroxylation sites is 1. The van der Waals surface area contributed by atoms with Crippen molar-refractivity contribution in [3.05, 3.63) is 77.8 Å². The fourth-order valence-electron chi connectivity index (χ4n) is 3.06. The van der Waals surface area contributed by atoms with Crippen LogP contribution in [0.1, 0.15) is 42.9 Å². The number of hydrogen-bond donors (Lipinski definition) is 0. The van der Waals surface area contributed by atoms with E-state index >= 15 is 0 Å². The number of nitrogens with zero attached hydrogens (tertiary/aromatic N) is 1. The van der Waals surface area contributed by atoms with Crippen LogP contribution < -0.4 is 0 Å². The Hall–Kier alpha value is -1.94. The van der Waals surface area contributed by atoms with Gasteiger partial charge in [0.25, 0.3) is 0 Å². The van der Waals surface area contributed by atoms with Crippen LogP contribution in [0, 0.1) is 6.42 Å². The minimum atomic E-state index is -4.30. The highest BCUT2D eigenvalue weighted by Crippen LogP contribution is 2.30. The highest BCUT2D eigenvalue weighted by atomic mass is 35.5. The van der Waals surface area contributed by atoms with Gasteiger partial charge in [0.2, 0.25) is 0 Å². The predicted octanol–water partition coefficient (Wildman–Crippen LogP) is 6.87. The van der Waals surface area contributed by atoms with E-state index in [0.717, 1.165) is 47.1 Å². The number of unbranched alkanes of at least 4 members (excludes halogenated alkanes) is 2. The zero-order valence-electron chi connectivity index (χ0n) is 14.6. The fraction of sp³-hybridized carbons (Fsp3) is 0.286. The summed E-state index contributed by atoms with van der Waals surface area (Å²) in [4.78, 5) is 0. The average Bonchev–Trinajstić information content (AvgIpc) is 2.93. The highest BCUT2D eigenvalue weighted by molar-refractivity contribution is 5.86. The lowest BCUT2D eigenvalue weighted by Crippen LogP contribution is -2.04. The van der Waals surface area contributed by atoms with Crippen LogP contribution in [0.3, 0.4) is 0 Å². The number of alkyl halides is 3. The summed E-state index contributed by atoms with van der Waals surface area (Å²) in [6.07, 6.45) is 3.22. The molecule has 3 rings (SSSR count). The quantitative estimate of drug-likeness (QED) is 0.411. The first-order chi connectivity index (χ1) is 12.0. The maximum atomic E-state index is 12.7. The van der Waals surface area contributed by atoms with Crippen LogP contribution in [-0.2, 0) is 12.7 Å². The maximum absolute atomic E-state index is 12.7. The molecule has 139 valence electrons. The zero-order valence-corrected chi connectivity index (χ0v) is 15.4. The monoisotopic (exact) mass is 380 g/mol. The molecule has 1 heterocycles. The van der Waals surface area contributed by atoms with Gasteiger partial charge in [-0.3, -0.25) is 0 Å². The van der Waals surface area contributed by atoms with Crippen molar-refractivity contribution in [1.29, 1.82) is 0 Å². The molecule has 2 aromatic carbocycles. The summed E-state index contributed by atoms with van der Waals surface area (Å²) in [7, 11) is 0. The van der Waals surface area contributed by atoms with E-state index in [1.807, 2.05) is 18.6 Å². The first-order valence-electron chi connectivity index (χ1n) is 8.59. The largest absolute Gasteiger partial charge is 0.416 e. The molecule has 0 aliphatic heterocycles. The molecule has 0 fully saturated rings. The Bertz CT molecular complexity index is 835. The number of hydrogen-bond acceptors (Lipinski definition) is 0.